The van der Waals surface area contributed by atoms with Crippen LogP contribution in [0.25, 0.3) is 0 Å². The van der Waals surface area contributed by atoms with E-state index >= 15 is 0 Å². The molecule has 3 fully saturated rings. The molecule has 7 atom stereocenters. The average Bonchev–Trinajstić information content (AvgIpc) is 3.02. The summed E-state index contributed by atoms with van der Waals surface area (Å²) in [6, 6.07) is 0. The minimum Gasteiger partial charge on any atom is -0.550 e. The van der Waals surface area contributed by atoms with Crippen LogP contribution in [-0.2, 0) is 23.9 Å². The lowest BCUT2D eigenvalue weighted by atomic mass is 9.45. The zero-order valence-corrected chi connectivity index (χ0v) is 19.3. The number of allylic oxidation sites excluding steroid dienone is 1. The lowest BCUT2D eigenvalue weighted by molar-refractivity contribution is -0.305. The Kier molecular flexibility index (Phi) is 6.06. The second-order valence-electron chi connectivity index (χ2n) is 10.9. The van der Waals surface area contributed by atoms with Gasteiger partial charge in [0.15, 0.2) is 12.4 Å². The number of hydrogen-bond donors (Lipinski definition) is 2. The summed E-state index contributed by atoms with van der Waals surface area (Å²) >= 11 is 0. The summed E-state index contributed by atoms with van der Waals surface area (Å²) in [6.07, 6.45) is 4.07. The Balaban J connectivity index is 1.53. The van der Waals surface area contributed by atoms with Crippen molar-refractivity contribution < 1.29 is 39.2 Å². The van der Waals surface area contributed by atoms with E-state index in [9.17, 15) is 34.5 Å². The topological polar surface area (TPSA) is 141 Å². The van der Waals surface area contributed by atoms with E-state index < -0.39 is 54.3 Å². The summed E-state index contributed by atoms with van der Waals surface area (Å²) in [6.45, 7) is 3.38. The molecule has 33 heavy (non-hydrogen) atoms. The van der Waals surface area contributed by atoms with Crippen molar-refractivity contribution in [2.24, 2.45) is 28.6 Å². The van der Waals surface area contributed by atoms with Crippen LogP contribution in [0.2, 0.25) is 0 Å². The Morgan fingerprint density at radius 2 is 1.88 bits per heavy atom. The van der Waals surface area contributed by atoms with Gasteiger partial charge >= 0.3 is 5.97 Å². The Labute approximate surface area is 193 Å². The standard InChI is InChI=1S/C25H34O8/c1-23-9-7-15(26)11-14(23)3-4-16-17-8-10-25(32,24(17,2)12-18(27)22(16)23)19(28)13-33-21(31)6-5-20(29)30/h11,16-18,22,27,32H,3-10,12-13H2,1-2H3,(H,29,30)/p-1/t16-,17-,18+,22+,23-,24-,25-/m0/s1. The maximum Gasteiger partial charge on any atom is 0.306 e. The van der Waals surface area contributed by atoms with Gasteiger partial charge in [-0.1, -0.05) is 19.4 Å². The Morgan fingerprint density at radius 1 is 1.15 bits per heavy atom. The number of aliphatic hydroxyl groups is 2. The van der Waals surface area contributed by atoms with Crippen LogP contribution in [0, 0.1) is 28.6 Å². The number of carboxylic acids is 1. The molecule has 4 aliphatic rings. The molecule has 0 spiro atoms. The lowest BCUT2D eigenvalue weighted by Gasteiger charge is -2.60. The van der Waals surface area contributed by atoms with Crippen LogP contribution < -0.4 is 5.11 Å². The van der Waals surface area contributed by atoms with E-state index in [4.69, 9.17) is 4.74 Å². The number of aliphatic carboxylic acids is 1. The number of rotatable bonds is 6. The molecule has 4 rings (SSSR count). The summed E-state index contributed by atoms with van der Waals surface area (Å²) in [5.41, 5.74) is -1.71. The second kappa shape index (κ2) is 8.31. The first kappa shape index (κ1) is 24.1. The van der Waals surface area contributed by atoms with Gasteiger partial charge in [-0.2, -0.15) is 0 Å². The highest BCUT2D eigenvalue weighted by atomic mass is 16.5. The molecule has 8 heteroatoms. The molecule has 8 nitrogen and oxygen atoms in total. The fourth-order valence-electron chi connectivity index (χ4n) is 7.69. The van der Waals surface area contributed by atoms with Crippen molar-refractivity contribution in [3.63, 3.8) is 0 Å². The predicted octanol–water partition coefficient (Wildman–Crippen LogP) is 0.863. The SMILES string of the molecule is C[C@]12CCC(=O)C=C1CC[C@@H]1[C@@H]2[C@H](O)C[C@@]2(C)[C@H]1CC[C@]2(O)C(=O)COC(=O)CCC(=O)[O-]. The summed E-state index contributed by atoms with van der Waals surface area (Å²) in [4.78, 5) is 47.3. The monoisotopic (exact) mass is 461 g/mol. The van der Waals surface area contributed by atoms with Crippen molar-refractivity contribution in [3.8, 4) is 0 Å². The molecular weight excluding hydrogens is 428 g/mol. The third-order valence-corrected chi connectivity index (χ3v) is 9.41. The zero-order chi connectivity index (χ0) is 24.2. The molecule has 0 aromatic heterocycles. The molecule has 0 unspecified atom stereocenters. The molecule has 2 N–H and O–H groups in total. The first-order valence-electron chi connectivity index (χ1n) is 12.0. The first-order chi connectivity index (χ1) is 15.4. The number of carboxylic acid groups (broad SMARTS) is 1. The van der Waals surface area contributed by atoms with Crippen LogP contribution in [0.4, 0.5) is 0 Å². The Hall–Kier alpha value is -2.06. The molecule has 0 aromatic carbocycles. The number of hydrogen-bond acceptors (Lipinski definition) is 8. The number of carbonyl (C=O) groups excluding carboxylic acids is 4. The van der Waals surface area contributed by atoms with Gasteiger partial charge in [-0.15, -0.1) is 0 Å². The van der Waals surface area contributed by atoms with E-state index in [0.29, 0.717) is 19.3 Å². The van der Waals surface area contributed by atoms with Crippen LogP contribution >= 0.6 is 0 Å². The average molecular weight is 462 g/mol. The van der Waals surface area contributed by atoms with Gasteiger partial charge in [0.2, 0.25) is 5.78 Å². The minimum atomic E-state index is -1.72. The van der Waals surface area contributed by atoms with E-state index in [1.807, 2.05) is 6.92 Å². The highest BCUT2D eigenvalue weighted by Crippen LogP contribution is 2.67. The molecule has 0 saturated heterocycles. The third-order valence-electron chi connectivity index (χ3n) is 9.41. The largest absolute Gasteiger partial charge is 0.550 e. The predicted molar refractivity (Wildman–Crippen MR) is 113 cm³/mol. The van der Waals surface area contributed by atoms with E-state index in [1.54, 1.807) is 6.08 Å². The summed E-state index contributed by atoms with van der Waals surface area (Å²) < 4.78 is 4.95. The molecule has 0 amide bonds. The third kappa shape index (κ3) is 3.75. The fourth-order valence-corrected chi connectivity index (χ4v) is 7.69. The van der Waals surface area contributed by atoms with Crippen LogP contribution in [-0.4, -0.2) is 52.0 Å². The highest BCUT2D eigenvalue weighted by Gasteiger charge is 2.68. The van der Waals surface area contributed by atoms with Gasteiger partial charge in [0.25, 0.3) is 0 Å². The number of ether oxygens (including phenoxy) is 1. The molecule has 0 aromatic rings. The number of aliphatic hydroxyl groups excluding tert-OH is 1. The smallest absolute Gasteiger partial charge is 0.306 e. The number of ketones is 2. The molecule has 0 radical (unpaired) electrons. The number of fused-ring (bicyclic) bond motifs is 5. The Bertz CT molecular complexity index is 908. The van der Waals surface area contributed by atoms with E-state index in [2.05, 4.69) is 6.92 Å². The normalized spacial score (nSPS) is 41.9. The van der Waals surface area contributed by atoms with Crippen LogP contribution in [0.3, 0.4) is 0 Å². The second-order valence-corrected chi connectivity index (χ2v) is 10.9. The van der Waals surface area contributed by atoms with Crippen LogP contribution in [0.5, 0.6) is 0 Å². The van der Waals surface area contributed by atoms with Crippen molar-refractivity contribution in [1.82, 2.24) is 0 Å². The molecule has 4 aliphatic carbocycles. The summed E-state index contributed by atoms with van der Waals surface area (Å²) in [5, 5.41) is 33.4. The quantitative estimate of drug-likeness (QED) is 0.555. The number of esters is 1. The maximum atomic E-state index is 13.1. The van der Waals surface area contributed by atoms with Crippen molar-refractivity contribution in [1.29, 1.82) is 0 Å². The minimum absolute atomic E-state index is 0.0245. The molecular formula is C25H33O8-. The maximum absolute atomic E-state index is 13.1. The van der Waals surface area contributed by atoms with Crippen LogP contribution in [0.15, 0.2) is 11.6 Å². The van der Waals surface area contributed by atoms with Gasteiger partial charge in [0.05, 0.1) is 12.5 Å². The van der Waals surface area contributed by atoms with Crippen molar-refractivity contribution in [2.75, 3.05) is 6.61 Å². The van der Waals surface area contributed by atoms with Gasteiger partial charge in [-0.05, 0) is 74.2 Å². The van der Waals surface area contributed by atoms with Crippen molar-refractivity contribution >= 4 is 23.5 Å². The van der Waals surface area contributed by atoms with Gasteiger partial charge < -0.3 is 24.9 Å². The van der Waals surface area contributed by atoms with Crippen molar-refractivity contribution in [2.45, 2.75) is 83.3 Å². The van der Waals surface area contributed by atoms with Gasteiger partial charge in [0.1, 0.15) is 5.60 Å². The van der Waals surface area contributed by atoms with Gasteiger partial charge in [-0.25, -0.2) is 0 Å². The lowest BCUT2D eigenvalue weighted by Crippen LogP contribution is -2.62. The number of Topliss-reactive ketones (excluding diaryl/α,β-unsaturated/α-hetero) is 1. The van der Waals surface area contributed by atoms with Crippen LogP contribution in [0.1, 0.15) is 71.6 Å². The molecule has 0 aliphatic heterocycles. The summed E-state index contributed by atoms with van der Waals surface area (Å²) in [5.74, 6) is -2.53. The summed E-state index contributed by atoms with van der Waals surface area (Å²) in [7, 11) is 0. The Morgan fingerprint density at radius 3 is 2.58 bits per heavy atom. The molecule has 3 saturated carbocycles. The first-order valence-corrected chi connectivity index (χ1v) is 12.0. The molecule has 182 valence electrons. The van der Waals surface area contributed by atoms with E-state index in [1.165, 1.54) is 0 Å². The van der Waals surface area contributed by atoms with E-state index in [-0.39, 0.29) is 41.8 Å². The molecule has 0 bridgehead atoms. The highest BCUT2D eigenvalue weighted by molar-refractivity contribution is 5.92. The van der Waals surface area contributed by atoms with E-state index in [0.717, 1.165) is 18.4 Å². The van der Waals surface area contributed by atoms with Crippen molar-refractivity contribution in [3.05, 3.63) is 11.6 Å². The fraction of sp³-hybridized carbons (Fsp3) is 0.760. The zero-order valence-electron chi connectivity index (χ0n) is 19.3. The number of carbonyl (C=O) groups is 4. The van der Waals surface area contributed by atoms with Gasteiger partial charge in [0, 0.05) is 17.8 Å². The van der Waals surface area contributed by atoms with Gasteiger partial charge in [-0.3, -0.25) is 14.4 Å². The molecule has 0 heterocycles.